The van der Waals surface area contributed by atoms with Crippen LogP contribution in [0, 0.1) is 0 Å². The standard InChI is InChI=1S/C12H16N6O2/c1-4-17(2)11-9(12(19)20-3)10(13)18(16-11)8-7-14-5-6-15-8/h5-7H,4,13H2,1-3H3. The van der Waals surface area contributed by atoms with Crippen LogP contribution >= 0.6 is 0 Å². The van der Waals surface area contributed by atoms with Crippen molar-refractivity contribution >= 4 is 17.6 Å². The fourth-order valence-electron chi connectivity index (χ4n) is 1.71. The van der Waals surface area contributed by atoms with E-state index in [1.807, 2.05) is 14.0 Å². The summed E-state index contributed by atoms with van der Waals surface area (Å²) in [5, 5.41) is 4.33. The van der Waals surface area contributed by atoms with E-state index in [4.69, 9.17) is 10.5 Å². The smallest absolute Gasteiger partial charge is 0.345 e. The summed E-state index contributed by atoms with van der Waals surface area (Å²) in [4.78, 5) is 21.8. The molecule has 0 aliphatic rings. The molecule has 0 aromatic carbocycles. The number of aromatic nitrogens is 4. The number of hydrogen-bond acceptors (Lipinski definition) is 7. The van der Waals surface area contributed by atoms with E-state index in [1.165, 1.54) is 24.2 Å². The van der Waals surface area contributed by atoms with Crippen LogP contribution in [0.1, 0.15) is 17.3 Å². The summed E-state index contributed by atoms with van der Waals surface area (Å²) in [5.74, 6) is 0.522. The van der Waals surface area contributed by atoms with Gasteiger partial charge in [0.05, 0.1) is 13.3 Å². The fraction of sp³-hybridized carbons (Fsp3) is 0.333. The maximum Gasteiger partial charge on any atom is 0.345 e. The van der Waals surface area contributed by atoms with Crippen LogP contribution in [0.5, 0.6) is 0 Å². The van der Waals surface area contributed by atoms with Crippen molar-refractivity contribution in [2.24, 2.45) is 0 Å². The molecule has 0 spiro atoms. The molecule has 0 aliphatic carbocycles. The molecule has 0 saturated heterocycles. The number of ether oxygens (including phenoxy) is 1. The van der Waals surface area contributed by atoms with Crippen LogP contribution in [0.15, 0.2) is 18.6 Å². The minimum absolute atomic E-state index is 0.174. The number of anilines is 2. The van der Waals surface area contributed by atoms with Crippen molar-refractivity contribution in [1.29, 1.82) is 0 Å². The highest BCUT2D eigenvalue weighted by atomic mass is 16.5. The summed E-state index contributed by atoms with van der Waals surface area (Å²) in [6.45, 7) is 2.61. The summed E-state index contributed by atoms with van der Waals surface area (Å²) in [5.41, 5.74) is 6.23. The Labute approximate surface area is 116 Å². The van der Waals surface area contributed by atoms with Gasteiger partial charge in [0, 0.05) is 26.0 Å². The molecule has 106 valence electrons. The number of esters is 1. The number of nitrogens with two attached hydrogens (primary N) is 1. The first-order valence-electron chi connectivity index (χ1n) is 6.04. The van der Waals surface area contributed by atoms with Gasteiger partial charge in [0.1, 0.15) is 11.4 Å². The van der Waals surface area contributed by atoms with Crippen molar-refractivity contribution in [1.82, 2.24) is 19.7 Å². The Balaban J connectivity index is 2.61. The summed E-state index contributed by atoms with van der Waals surface area (Å²) in [7, 11) is 3.12. The van der Waals surface area contributed by atoms with E-state index in [0.717, 1.165) is 0 Å². The number of carbonyl (C=O) groups is 1. The number of nitrogens with zero attached hydrogens (tertiary/aromatic N) is 5. The lowest BCUT2D eigenvalue weighted by atomic mass is 10.3. The molecule has 2 aromatic heterocycles. The van der Waals surface area contributed by atoms with E-state index in [-0.39, 0.29) is 11.4 Å². The zero-order valence-electron chi connectivity index (χ0n) is 11.6. The first-order valence-corrected chi connectivity index (χ1v) is 6.04. The maximum absolute atomic E-state index is 11.9. The van der Waals surface area contributed by atoms with E-state index in [2.05, 4.69) is 15.1 Å². The molecule has 8 nitrogen and oxygen atoms in total. The molecule has 8 heteroatoms. The topological polar surface area (TPSA) is 99.2 Å². The Kier molecular flexibility index (Phi) is 3.83. The molecule has 0 atom stereocenters. The highest BCUT2D eigenvalue weighted by Crippen LogP contribution is 2.27. The van der Waals surface area contributed by atoms with Gasteiger partial charge in [0.2, 0.25) is 0 Å². The van der Waals surface area contributed by atoms with Gasteiger partial charge in [-0.15, -0.1) is 5.10 Å². The van der Waals surface area contributed by atoms with Gasteiger partial charge in [0.25, 0.3) is 0 Å². The Morgan fingerprint density at radius 2 is 2.25 bits per heavy atom. The highest BCUT2D eigenvalue weighted by molar-refractivity contribution is 6.00. The van der Waals surface area contributed by atoms with Crippen molar-refractivity contribution in [3.8, 4) is 5.82 Å². The molecule has 0 aliphatic heterocycles. The second-order valence-corrected chi connectivity index (χ2v) is 4.07. The average Bonchev–Trinajstić information content (AvgIpc) is 2.84. The van der Waals surface area contributed by atoms with Crippen molar-refractivity contribution in [2.75, 3.05) is 31.3 Å². The molecule has 2 heterocycles. The minimum atomic E-state index is -0.534. The lowest BCUT2D eigenvalue weighted by Crippen LogP contribution is -2.19. The lowest BCUT2D eigenvalue weighted by molar-refractivity contribution is 0.0602. The van der Waals surface area contributed by atoms with Crippen LogP contribution in [0.25, 0.3) is 5.82 Å². The lowest BCUT2D eigenvalue weighted by Gasteiger charge is -2.14. The van der Waals surface area contributed by atoms with E-state index >= 15 is 0 Å². The summed E-state index contributed by atoms with van der Waals surface area (Å²) in [6, 6.07) is 0. The Bertz CT molecular complexity index is 610. The first-order chi connectivity index (χ1) is 9.60. The first kappa shape index (κ1) is 13.8. The van der Waals surface area contributed by atoms with E-state index in [0.29, 0.717) is 18.2 Å². The molecule has 0 bridgehead atoms. The van der Waals surface area contributed by atoms with Gasteiger partial charge < -0.3 is 15.4 Å². The van der Waals surface area contributed by atoms with Gasteiger partial charge in [-0.25, -0.2) is 9.78 Å². The predicted octanol–water partition coefficient (Wildman–Crippen LogP) is 0.487. The molecular formula is C12H16N6O2. The van der Waals surface area contributed by atoms with Gasteiger partial charge >= 0.3 is 5.97 Å². The predicted molar refractivity (Wildman–Crippen MR) is 73.8 cm³/mol. The monoisotopic (exact) mass is 276 g/mol. The third-order valence-corrected chi connectivity index (χ3v) is 2.89. The Morgan fingerprint density at radius 1 is 1.50 bits per heavy atom. The van der Waals surface area contributed by atoms with Crippen LogP contribution in [-0.2, 0) is 4.74 Å². The molecule has 0 amide bonds. The Hall–Kier alpha value is -2.64. The van der Waals surface area contributed by atoms with Gasteiger partial charge in [0.15, 0.2) is 11.6 Å². The molecule has 2 N–H and O–H groups in total. The normalized spacial score (nSPS) is 10.3. The van der Waals surface area contributed by atoms with Gasteiger partial charge in [-0.05, 0) is 6.92 Å². The zero-order chi connectivity index (χ0) is 14.7. The molecule has 2 rings (SSSR count). The van der Waals surface area contributed by atoms with Crippen LogP contribution in [0.3, 0.4) is 0 Å². The fourth-order valence-corrected chi connectivity index (χ4v) is 1.71. The molecule has 2 aromatic rings. The van der Waals surface area contributed by atoms with Crippen LogP contribution in [0.2, 0.25) is 0 Å². The van der Waals surface area contributed by atoms with Crippen LogP contribution < -0.4 is 10.6 Å². The van der Waals surface area contributed by atoms with E-state index in [9.17, 15) is 4.79 Å². The zero-order valence-corrected chi connectivity index (χ0v) is 11.6. The van der Waals surface area contributed by atoms with E-state index < -0.39 is 5.97 Å². The Morgan fingerprint density at radius 3 is 2.80 bits per heavy atom. The number of carbonyl (C=O) groups excluding carboxylic acids is 1. The largest absolute Gasteiger partial charge is 0.465 e. The molecule has 0 radical (unpaired) electrons. The van der Waals surface area contributed by atoms with Crippen molar-refractivity contribution in [3.63, 3.8) is 0 Å². The molecule has 0 unspecified atom stereocenters. The molecular weight excluding hydrogens is 260 g/mol. The number of nitrogen functional groups attached to an aromatic ring is 1. The summed E-state index contributed by atoms with van der Waals surface area (Å²) in [6.07, 6.45) is 4.58. The second-order valence-electron chi connectivity index (χ2n) is 4.07. The summed E-state index contributed by atoms with van der Waals surface area (Å²) >= 11 is 0. The third-order valence-electron chi connectivity index (χ3n) is 2.89. The van der Waals surface area contributed by atoms with Crippen LogP contribution in [-0.4, -0.2) is 46.4 Å². The average molecular weight is 276 g/mol. The maximum atomic E-state index is 11.9. The van der Waals surface area contributed by atoms with Crippen molar-refractivity contribution in [2.45, 2.75) is 6.92 Å². The number of hydrogen-bond donors (Lipinski definition) is 1. The van der Waals surface area contributed by atoms with Crippen molar-refractivity contribution < 1.29 is 9.53 Å². The number of methoxy groups -OCH3 is 1. The molecule has 20 heavy (non-hydrogen) atoms. The van der Waals surface area contributed by atoms with Crippen molar-refractivity contribution in [3.05, 3.63) is 24.2 Å². The minimum Gasteiger partial charge on any atom is -0.465 e. The highest BCUT2D eigenvalue weighted by Gasteiger charge is 2.25. The van der Waals surface area contributed by atoms with Crippen LogP contribution in [0.4, 0.5) is 11.6 Å². The number of rotatable bonds is 4. The molecule has 0 saturated carbocycles. The quantitative estimate of drug-likeness (QED) is 0.811. The SMILES string of the molecule is CCN(C)c1nn(-c2cnccn2)c(N)c1C(=O)OC. The van der Waals surface area contributed by atoms with Gasteiger partial charge in [-0.2, -0.15) is 4.68 Å². The van der Waals surface area contributed by atoms with Gasteiger partial charge in [-0.3, -0.25) is 4.98 Å². The van der Waals surface area contributed by atoms with E-state index in [1.54, 1.807) is 11.1 Å². The molecule has 0 fully saturated rings. The summed E-state index contributed by atoms with van der Waals surface area (Å²) < 4.78 is 6.14. The second kappa shape index (κ2) is 5.55. The van der Waals surface area contributed by atoms with Gasteiger partial charge in [-0.1, -0.05) is 0 Å². The third kappa shape index (κ3) is 2.27.